The molecule has 0 amide bonds. The highest BCUT2D eigenvalue weighted by molar-refractivity contribution is 4.72. The molecule has 0 aliphatic carbocycles. The molecule has 0 aromatic carbocycles. The number of hydrogen-bond acceptors (Lipinski definition) is 3. The molecule has 0 aliphatic heterocycles. The van der Waals surface area contributed by atoms with Gasteiger partial charge in [0.15, 0.2) is 0 Å². The van der Waals surface area contributed by atoms with Crippen LogP contribution in [-0.4, -0.2) is 49.8 Å². The van der Waals surface area contributed by atoms with E-state index >= 15 is 0 Å². The van der Waals surface area contributed by atoms with Crippen LogP contribution in [-0.2, 0) is 4.74 Å². The van der Waals surface area contributed by atoms with Crippen LogP contribution < -0.4 is 5.32 Å². The normalized spacial score (nSPS) is 13.5. The zero-order valence-electron chi connectivity index (χ0n) is 12.2. The molecule has 0 aromatic heterocycles. The van der Waals surface area contributed by atoms with Crippen LogP contribution in [0.25, 0.3) is 0 Å². The minimum Gasteiger partial charge on any atom is -0.379 e. The van der Waals surface area contributed by atoms with E-state index in [0.29, 0.717) is 0 Å². The molecule has 0 aromatic rings. The van der Waals surface area contributed by atoms with Gasteiger partial charge in [-0.25, -0.2) is 0 Å². The summed E-state index contributed by atoms with van der Waals surface area (Å²) in [5, 5.41) is 3.49. The van der Waals surface area contributed by atoms with Crippen LogP contribution in [0.2, 0.25) is 0 Å². The minimum absolute atomic E-state index is 0.00822. The summed E-state index contributed by atoms with van der Waals surface area (Å²) >= 11 is 0. The van der Waals surface area contributed by atoms with Crippen LogP contribution in [0.4, 0.5) is 0 Å². The number of hydrogen-bond donors (Lipinski definition) is 1. The monoisotopic (exact) mass is 230 g/mol. The van der Waals surface area contributed by atoms with Crippen LogP contribution in [0.5, 0.6) is 0 Å². The lowest BCUT2D eigenvalue weighted by atomic mass is 10.1. The Bertz CT molecular complexity index is 185. The first kappa shape index (κ1) is 15.9. The molecular weight excluding hydrogens is 200 g/mol. The van der Waals surface area contributed by atoms with Crippen LogP contribution >= 0.6 is 0 Å². The van der Waals surface area contributed by atoms with Crippen molar-refractivity contribution in [2.24, 2.45) is 0 Å². The highest BCUT2D eigenvalue weighted by Crippen LogP contribution is 2.12. The van der Waals surface area contributed by atoms with Crippen LogP contribution in [0.3, 0.4) is 0 Å². The van der Waals surface area contributed by atoms with E-state index in [1.807, 2.05) is 0 Å². The first-order valence-corrected chi connectivity index (χ1v) is 6.15. The van der Waals surface area contributed by atoms with Gasteiger partial charge in [-0.3, -0.25) is 0 Å². The fourth-order valence-corrected chi connectivity index (χ4v) is 1.30. The summed E-state index contributed by atoms with van der Waals surface area (Å²) in [5.41, 5.74) is 0.207. The number of likely N-dealkylation sites (N-methyl/N-ethyl adjacent to an activating group) is 1. The Morgan fingerprint density at radius 3 is 2.06 bits per heavy atom. The Morgan fingerprint density at radius 2 is 1.62 bits per heavy atom. The standard InChI is InChI=1S/C13H30N2O/c1-12(2,3)14-9-11-15(6)10-8-13(4,5)16-7/h14H,8-11H2,1-7H3. The quantitative estimate of drug-likeness (QED) is 0.725. The van der Waals surface area contributed by atoms with Crippen molar-refractivity contribution in [1.29, 1.82) is 0 Å². The predicted octanol–water partition coefficient (Wildman–Crippen LogP) is 2.12. The minimum atomic E-state index is -0.00822. The molecule has 0 saturated heterocycles. The lowest BCUT2D eigenvalue weighted by Gasteiger charge is -2.27. The largest absolute Gasteiger partial charge is 0.379 e. The maximum atomic E-state index is 5.40. The van der Waals surface area contributed by atoms with Gasteiger partial charge in [-0.2, -0.15) is 0 Å². The average Bonchev–Trinajstić information content (AvgIpc) is 2.13. The van der Waals surface area contributed by atoms with Crippen molar-refractivity contribution in [3.8, 4) is 0 Å². The Balaban J connectivity index is 3.64. The molecule has 0 heterocycles. The first-order valence-electron chi connectivity index (χ1n) is 6.15. The summed E-state index contributed by atoms with van der Waals surface area (Å²) in [7, 11) is 3.94. The average molecular weight is 230 g/mol. The summed E-state index contributed by atoms with van der Waals surface area (Å²) in [6.45, 7) is 14.0. The van der Waals surface area contributed by atoms with Gasteiger partial charge < -0.3 is 15.0 Å². The van der Waals surface area contributed by atoms with Gasteiger partial charge in [-0.1, -0.05) is 0 Å². The third kappa shape index (κ3) is 9.13. The van der Waals surface area contributed by atoms with Crippen molar-refractivity contribution in [2.45, 2.75) is 52.2 Å². The van der Waals surface area contributed by atoms with Gasteiger partial charge in [0.2, 0.25) is 0 Å². The fraction of sp³-hybridized carbons (Fsp3) is 1.00. The lowest BCUT2D eigenvalue weighted by molar-refractivity contribution is 0.00914. The van der Waals surface area contributed by atoms with E-state index in [1.54, 1.807) is 7.11 Å². The molecule has 1 N–H and O–H groups in total. The van der Waals surface area contributed by atoms with Gasteiger partial charge in [0.25, 0.3) is 0 Å². The molecular formula is C13H30N2O. The fourth-order valence-electron chi connectivity index (χ4n) is 1.30. The van der Waals surface area contributed by atoms with Crippen LogP contribution in [0.15, 0.2) is 0 Å². The molecule has 0 spiro atoms. The van der Waals surface area contributed by atoms with Crippen molar-refractivity contribution in [1.82, 2.24) is 10.2 Å². The Kier molecular flexibility index (Phi) is 6.53. The van der Waals surface area contributed by atoms with Crippen LogP contribution in [0.1, 0.15) is 41.0 Å². The molecule has 0 unspecified atom stereocenters. The highest BCUT2D eigenvalue weighted by atomic mass is 16.5. The summed E-state index contributed by atoms with van der Waals surface area (Å²) < 4.78 is 5.40. The highest BCUT2D eigenvalue weighted by Gasteiger charge is 2.16. The van der Waals surface area contributed by atoms with Gasteiger partial charge in [0.05, 0.1) is 5.60 Å². The Labute approximate surface area is 102 Å². The molecule has 0 rings (SSSR count). The molecule has 0 bridgehead atoms. The second-order valence-electron chi connectivity index (χ2n) is 6.19. The first-order chi connectivity index (χ1) is 7.16. The van der Waals surface area contributed by atoms with E-state index in [-0.39, 0.29) is 11.1 Å². The number of nitrogens with one attached hydrogen (secondary N) is 1. The summed E-state index contributed by atoms with van der Waals surface area (Å²) in [6.07, 6.45) is 1.06. The van der Waals surface area contributed by atoms with Crippen molar-refractivity contribution in [3.05, 3.63) is 0 Å². The van der Waals surface area contributed by atoms with E-state index in [2.05, 4.69) is 51.9 Å². The van der Waals surface area contributed by atoms with Gasteiger partial charge in [0, 0.05) is 32.3 Å². The van der Waals surface area contributed by atoms with Crippen molar-refractivity contribution < 1.29 is 4.74 Å². The topological polar surface area (TPSA) is 24.5 Å². The molecule has 0 atom stereocenters. The van der Waals surface area contributed by atoms with E-state index in [0.717, 1.165) is 26.1 Å². The van der Waals surface area contributed by atoms with Gasteiger partial charge in [-0.05, 0) is 48.1 Å². The van der Waals surface area contributed by atoms with E-state index in [1.165, 1.54) is 0 Å². The predicted molar refractivity (Wildman–Crippen MR) is 71.0 cm³/mol. The molecule has 98 valence electrons. The van der Waals surface area contributed by atoms with Gasteiger partial charge >= 0.3 is 0 Å². The molecule has 3 heteroatoms. The number of nitrogens with zero attached hydrogens (tertiary/aromatic N) is 1. The Hall–Kier alpha value is -0.120. The second-order valence-corrected chi connectivity index (χ2v) is 6.19. The van der Waals surface area contributed by atoms with E-state index in [4.69, 9.17) is 4.74 Å². The molecule has 0 saturated carbocycles. The SMILES string of the molecule is COC(C)(C)CCN(C)CCNC(C)(C)C. The molecule has 3 nitrogen and oxygen atoms in total. The number of rotatable bonds is 7. The molecule has 0 radical (unpaired) electrons. The smallest absolute Gasteiger partial charge is 0.0634 e. The Morgan fingerprint density at radius 1 is 1.06 bits per heavy atom. The third-order valence-electron chi connectivity index (χ3n) is 2.80. The lowest BCUT2D eigenvalue weighted by Crippen LogP contribution is -2.41. The maximum Gasteiger partial charge on any atom is 0.0634 e. The maximum absolute atomic E-state index is 5.40. The van der Waals surface area contributed by atoms with Gasteiger partial charge in [-0.15, -0.1) is 0 Å². The third-order valence-corrected chi connectivity index (χ3v) is 2.80. The van der Waals surface area contributed by atoms with Crippen molar-refractivity contribution >= 4 is 0 Å². The number of ether oxygens (including phenoxy) is 1. The zero-order chi connectivity index (χ0) is 12.8. The van der Waals surface area contributed by atoms with Crippen molar-refractivity contribution in [2.75, 3.05) is 33.8 Å². The van der Waals surface area contributed by atoms with E-state index < -0.39 is 0 Å². The van der Waals surface area contributed by atoms with Crippen LogP contribution in [0, 0.1) is 0 Å². The summed E-state index contributed by atoms with van der Waals surface area (Å²) in [4.78, 5) is 2.35. The summed E-state index contributed by atoms with van der Waals surface area (Å²) in [5.74, 6) is 0. The molecule has 0 aliphatic rings. The zero-order valence-corrected chi connectivity index (χ0v) is 12.2. The molecule has 16 heavy (non-hydrogen) atoms. The number of methoxy groups -OCH3 is 1. The second kappa shape index (κ2) is 6.58. The molecule has 0 fully saturated rings. The van der Waals surface area contributed by atoms with Gasteiger partial charge in [0.1, 0.15) is 0 Å². The van der Waals surface area contributed by atoms with E-state index in [9.17, 15) is 0 Å². The van der Waals surface area contributed by atoms with Crippen molar-refractivity contribution in [3.63, 3.8) is 0 Å². The summed E-state index contributed by atoms with van der Waals surface area (Å²) in [6, 6.07) is 0.